The van der Waals surface area contributed by atoms with Crippen molar-refractivity contribution >= 4 is 5.97 Å². The van der Waals surface area contributed by atoms with Gasteiger partial charge in [0.05, 0.1) is 0 Å². The second kappa shape index (κ2) is 2.06. The summed E-state index contributed by atoms with van der Waals surface area (Å²) in [7, 11) is 0. The first kappa shape index (κ1) is 7.97. The third-order valence-electron chi connectivity index (χ3n) is 1.04. The lowest BCUT2D eigenvalue weighted by Gasteiger charge is -2.16. The summed E-state index contributed by atoms with van der Waals surface area (Å²) < 4.78 is 0. The average molecular weight is 131 g/mol. The highest BCUT2D eigenvalue weighted by Crippen LogP contribution is 2.06. The summed E-state index contributed by atoms with van der Waals surface area (Å²) >= 11 is 0. The first-order valence-corrected chi connectivity index (χ1v) is 2.29. The highest BCUT2D eigenvalue weighted by Gasteiger charge is 2.31. The van der Waals surface area contributed by atoms with Gasteiger partial charge in [0.25, 0.3) is 0 Å². The standard InChI is InChI=1S/C5H9NO3/c1-3(7)5(2,6)4(8)9/h7H,1,6H2,2H3,(H,8,9). The zero-order valence-electron chi connectivity index (χ0n) is 5.09. The van der Waals surface area contributed by atoms with Gasteiger partial charge in [-0.3, -0.25) is 0 Å². The van der Waals surface area contributed by atoms with Crippen LogP contribution in [0, 0.1) is 0 Å². The molecule has 0 saturated heterocycles. The number of aliphatic hydroxyl groups is 1. The molecule has 1 atom stereocenters. The van der Waals surface area contributed by atoms with Gasteiger partial charge in [0.1, 0.15) is 5.76 Å². The lowest BCUT2D eigenvalue weighted by Crippen LogP contribution is -2.46. The van der Waals surface area contributed by atoms with Gasteiger partial charge < -0.3 is 15.9 Å². The highest BCUT2D eigenvalue weighted by atomic mass is 16.4. The minimum atomic E-state index is -1.72. The van der Waals surface area contributed by atoms with Crippen LogP contribution in [0.5, 0.6) is 0 Å². The molecule has 0 amide bonds. The number of rotatable bonds is 2. The van der Waals surface area contributed by atoms with E-state index >= 15 is 0 Å². The van der Waals surface area contributed by atoms with Crippen LogP contribution in [0.15, 0.2) is 12.3 Å². The predicted molar refractivity (Wildman–Crippen MR) is 32.0 cm³/mol. The van der Waals surface area contributed by atoms with Crippen molar-refractivity contribution in [2.24, 2.45) is 5.73 Å². The molecular formula is C5H9NO3. The number of carbonyl (C=O) groups is 1. The first-order chi connectivity index (χ1) is 3.89. The molecule has 0 aromatic carbocycles. The van der Waals surface area contributed by atoms with E-state index in [1.54, 1.807) is 0 Å². The molecule has 0 aromatic rings. The van der Waals surface area contributed by atoms with Crippen LogP contribution in [0.3, 0.4) is 0 Å². The summed E-state index contributed by atoms with van der Waals surface area (Å²) in [5.41, 5.74) is 3.33. The van der Waals surface area contributed by atoms with Crippen molar-refractivity contribution in [3.05, 3.63) is 12.3 Å². The Labute approximate surface area is 52.6 Å². The Kier molecular flexibility index (Phi) is 1.83. The molecule has 4 N–H and O–H groups in total. The Hall–Kier alpha value is -1.03. The van der Waals surface area contributed by atoms with Crippen molar-refractivity contribution in [2.75, 3.05) is 0 Å². The number of aliphatic hydroxyl groups excluding tert-OH is 1. The van der Waals surface area contributed by atoms with Gasteiger partial charge in [-0.1, -0.05) is 6.58 Å². The third-order valence-corrected chi connectivity index (χ3v) is 1.04. The molecule has 1 unspecified atom stereocenters. The Morgan fingerprint density at radius 2 is 2.00 bits per heavy atom. The number of hydrogen-bond acceptors (Lipinski definition) is 3. The maximum atomic E-state index is 10.1. The topological polar surface area (TPSA) is 83.5 Å². The molecule has 0 spiro atoms. The Morgan fingerprint density at radius 3 is 2.00 bits per heavy atom. The van der Waals surface area contributed by atoms with Crippen molar-refractivity contribution < 1.29 is 15.0 Å². The number of carboxylic acid groups (broad SMARTS) is 1. The molecule has 0 aliphatic rings. The minimum absolute atomic E-state index is 0.546. The lowest BCUT2D eigenvalue weighted by molar-refractivity contribution is -0.142. The van der Waals surface area contributed by atoms with Crippen molar-refractivity contribution in [3.63, 3.8) is 0 Å². The molecular weight excluding hydrogens is 122 g/mol. The Balaban J connectivity index is 4.38. The van der Waals surface area contributed by atoms with E-state index in [1.165, 1.54) is 0 Å². The molecule has 0 bridgehead atoms. The van der Waals surface area contributed by atoms with Crippen LogP contribution in [0.4, 0.5) is 0 Å². The van der Waals surface area contributed by atoms with Gasteiger partial charge in [-0.25, -0.2) is 4.79 Å². The van der Waals surface area contributed by atoms with Crippen LogP contribution >= 0.6 is 0 Å². The second-order valence-corrected chi connectivity index (χ2v) is 1.95. The molecule has 0 aliphatic heterocycles. The van der Waals surface area contributed by atoms with Crippen molar-refractivity contribution in [1.82, 2.24) is 0 Å². The van der Waals surface area contributed by atoms with Gasteiger partial charge in [0.2, 0.25) is 0 Å². The largest absolute Gasteiger partial charge is 0.510 e. The van der Waals surface area contributed by atoms with Crippen molar-refractivity contribution in [1.29, 1.82) is 0 Å². The number of nitrogens with two attached hydrogens (primary N) is 1. The minimum Gasteiger partial charge on any atom is -0.510 e. The summed E-state index contributed by atoms with van der Waals surface area (Å²) in [6, 6.07) is 0. The Morgan fingerprint density at radius 1 is 1.67 bits per heavy atom. The van der Waals surface area contributed by atoms with E-state index in [-0.39, 0.29) is 0 Å². The molecule has 0 saturated carbocycles. The smallest absolute Gasteiger partial charge is 0.331 e. The quantitative estimate of drug-likeness (QED) is 0.455. The van der Waals surface area contributed by atoms with E-state index in [2.05, 4.69) is 6.58 Å². The normalized spacial score (nSPS) is 16.2. The molecule has 52 valence electrons. The van der Waals surface area contributed by atoms with Gasteiger partial charge in [-0.05, 0) is 6.92 Å². The van der Waals surface area contributed by atoms with Crippen molar-refractivity contribution in [3.8, 4) is 0 Å². The fourth-order valence-electron chi connectivity index (χ4n) is 0.123. The Bertz CT molecular complexity index is 134. The van der Waals surface area contributed by atoms with Crippen LogP contribution in [-0.2, 0) is 4.79 Å². The second-order valence-electron chi connectivity index (χ2n) is 1.95. The summed E-state index contributed by atoms with van der Waals surface area (Å²) in [4.78, 5) is 10.1. The summed E-state index contributed by atoms with van der Waals surface area (Å²) in [6.45, 7) is 4.16. The van der Waals surface area contributed by atoms with Gasteiger partial charge in [0, 0.05) is 0 Å². The van der Waals surface area contributed by atoms with E-state index in [4.69, 9.17) is 15.9 Å². The average Bonchev–Trinajstić information content (AvgIpc) is 1.65. The summed E-state index contributed by atoms with van der Waals surface area (Å²) in [6.07, 6.45) is 0. The van der Waals surface area contributed by atoms with Crippen LogP contribution in [0.25, 0.3) is 0 Å². The summed E-state index contributed by atoms with van der Waals surface area (Å²) in [5.74, 6) is -1.84. The SMILES string of the molecule is C=C(O)C(C)(N)C(=O)O. The van der Waals surface area contributed by atoms with E-state index in [9.17, 15) is 4.79 Å². The van der Waals surface area contributed by atoms with Crippen LogP contribution < -0.4 is 5.73 Å². The van der Waals surface area contributed by atoms with E-state index in [0.29, 0.717) is 0 Å². The number of carboxylic acids is 1. The molecule has 0 fully saturated rings. The van der Waals surface area contributed by atoms with Gasteiger partial charge in [-0.2, -0.15) is 0 Å². The maximum Gasteiger partial charge on any atom is 0.331 e. The number of aliphatic carboxylic acids is 1. The zero-order chi connectivity index (χ0) is 7.65. The summed E-state index contributed by atoms with van der Waals surface area (Å²) in [5, 5.41) is 16.8. The fraction of sp³-hybridized carbons (Fsp3) is 0.400. The molecule has 4 nitrogen and oxygen atoms in total. The molecule has 0 heterocycles. The maximum absolute atomic E-state index is 10.1. The lowest BCUT2D eigenvalue weighted by atomic mass is 10.0. The van der Waals surface area contributed by atoms with Crippen molar-refractivity contribution in [2.45, 2.75) is 12.5 Å². The van der Waals surface area contributed by atoms with Crippen LogP contribution in [0.1, 0.15) is 6.92 Å². The van der Waals surface area contributed by atoms with Gasteiger partial charge in [0.15, 0.2) is 5.54 Å². The fourth-order valence-corrected chi connectivity index (χ4v) is 0.123. The molecule has 4 heteroatoms. The van der Waals surface area contributed by atoms with E-state index in [1.807, 2.05) is 0 Å². The van der Waals surface area contributed by atoms with Gasteiger partial charge in [-0.15, -0.1) is 0 Å². The van der Waals surface area contributed by atoms with Crippen LogP contribution in [0.2, 0.25) is 0 Å². The molecule has 9 heavy (non-hydrogen) atoms. The highest BCUT2D eigenvalue weighted by molar-refractivity contribution is 5.81. The van der Waals surface area contributed by atoms with E-state index < -0.39 is 17.3 Å². The predicted octanol–water partition coefficient (Wildman–Crippen LogP) is -0.140. The van der Waals surface area contributed by atoms with Gasteiger partial charge >= 0.3 is 5.97 Å². The monoisotopic (exact) mass is 131 g/mol. The molecule has 0 radical (unpaired) electrons. The number of hydrogen-bond donors (Lipinski definition) is 3. The first-order valence-electron chi connectivity index (χ1n) is 2.29. The molecule has 0 aromatic heterocycles. The van der Waals surface area contributed by atoms with Crippen LogP contribution in [-0.4, -0.2) is 21.7 Å². The molecule has 0 rings (SSSR count). The molecule has 0 aliphatic carbocycles. The van der Waals surface area contributed by atoms with E-state index in [0.717, 1.165) is 6.92 Å². The third kappa shape index (κ3) is 1.43. The zero-order valence-corrected chi connectivity index (χ0v) is 5.09.